The van der Waals surface area contributed by atoms with Gasteiger partial charge < -0.3 is 9.64 Å². The molecule has 29 heavy (non-hydrogen) atoms. The van der Waals surface area contributed by atoms with Gasteiger partial charge in [-0.15, -0.1) is 5.10 Å². The molecule has 0 N–H and O–H groups in total. The van der Waals surface area contributed by atoms with E-state index in [-0.39, 0.29) is 18.1 Å². The number of hydrogen-bond donors (Lipinski definition) is 0. The second-order valence-electron chi connectivity index (χ2n) is 10.2. The van der Waals surface area contributed by atoms with Crippen molar-refractivity contribution in [1.29, 1.82) is 0 Å². The molecule has 0 spiro atoms. The molecule has 6 rings (SSSR count). The van der Waals surface area contributed by atoms with Crippen LogP contribution in [-0.4, -0.2) is 51.6 Å². The Morgan fingerprint density at radius 1 is 1.07 bits per heavy atom. The lowest BCUT2D eigenvalue weighted by molar-refractivity contribution is -0.134. The van der Waals surface area contributed by atoms with Crippen molar-refractivity contribution in [3.8, 4) is 0 Å². The zero-order valence-corrected chi connectivity index (χ0v) is 17.2. The third-order valence-electron chi connectivity index (χ3n) is 7.86. The number of carbonyl (C=O) groups is 1. The second-order valence-corrected chi connectivity index (χ2v) is 10.2. The Morgan fingerprint density at radius 3 is 2.55 bits per heavy atom. The van der Waals surface area contributed by atoms with Crippen LogP contribution < -0.4 is 0 Å². The zero-order valence-electron chi connectivity index (χ0n) is 17.2. The fourth-order valence-corrected chi connectivity index (χ4v) is 5.67. The molecule has 4 fully saturated rings. The topological polar surface area (TPSA) is 60.2 Å². The van der Waals surface area contributed by atoms with E-state index in [1.807, 2.05) is 0 Å². The SMILES string of the molecule is O=C(C1CC=CC1)N1C[C@H]2C[C@@H](n3cc(C4CC4)nn3)[C@H](OCC3CC3)C[C@H]2C1. The molecule has 3 saturated carbocycles. The Bertz CT molecular complexity index is 789. The van der Waals surface area contributed by atoms with Crippen molar-refractivity contribution < 1.29 is 9.53 Å². The highest BCUT2D eigenvalue weighted by atomic mass is 16.5. The Balaban J connectivity index is 1.17. The Hall–Kier alpha value is -1.69. The molecule has 2 heterocycles. The van der Waals surface area contributed by atoms with Gasteiger partial charge >= 0.3 is 0 Å². The quantitative estimate of drug-likeness (QED) is 0.692. The van der Waals surface area contributed by atoms with Gasteiger partial charge in [0.05, 0.1) is 17.8 Å². The number of nitrogens with zero attached hydrogens (tertiary/aromatic N) is 4. The minimum Gasteiger partial charge on any atom is -0.376 e. The van der Waals surface area contributed by atoms with Crippen LogP contribution in [0.15, 0.2) is 18.3 Å². The van der Waals surface area contributed by atoms with E-state index in [2.05, 4.69) is 38.2 Å². The molecular formula is C23H32N4O2. The molecule has 0 bridgehead atoms. The van der Waals surface area contributed by atoms with Crippen molar-refractivity contribution in [2.75, 3.05) is 19.7 Å². The van der Waals surface area contributed by atoms with E-state index in [1.165, 1.54) is 25.7 Å². The van der Waals surface area contributed by atoms with Crippen LogP contribution in [0.3, 0.4) is 0 Å². The molecule has 4 aliphatic carbocycles. The van der Waals surface area contributed by atoms with E-state index in [0.717, 1.165) is 57.0 Å². The van der Waals surface area contributed by atoms with Gasteiger partial charge in [0.15, 0.2) is 0 Å². The van der Waals surface area contributed by atoms with Crippen molar-refractivity contribution in [1.82, 2.24) is 19.9 Å². The van der Waals surface area contributed by atoms with Crippen molar-refractivity contribution in [3.63, 3.8) is 0 Å². The zero-order chi connectivity index (χ0) is 19.4. The van der Waals surface area contributed by atoms with E-state index in [4.69, 9.17) is 4.74 Å². The summed E-state index contributed by atoms with van der Waals surface area (Å²) >= 11 is 0. The number of ether oxygens (including phenoxy) is 1. The number of carbonyl (C=O) groups excluding carboxylic acids is 1. The molecule has 4 atom stereocenters. The van der Waals surface area contributed by atoms with Crippen LogP contribution in [0.4, 0.5) is 0 Å². The van der Waals surface area contributed by atoms with Gasteiger partial charge in [-0.2, -0.15) is 0 Å². The van der Waals surface area contributed by atoms with Crippen LogP contribution in [0.5, 0.6) is 0 Å². The number of amides is 1. The van der Waals surface area contributed by atoms with Gasteiger partial charge in [0.25, 0.3) is 0 Å². The molecule has 0 aromatic carbocycles. The summed E-state index contributed by atoms with van der Waals surface area (Å²) < 4.78 is 8.56. The normalized spacial score (nSPS) is 34.7. The highest BCUT2D eigenvalue weighted by molar-refractivity contribution is 5.80. The van der Waals surface area contributed by atoms with Gasteiger partial charge in [-0.1, -0.05) is 17.4 Å². The Labute approximate surface area is 172 Å². The first kappa shape index (κ1) is 18.1. The summed E-state index contributed by atoms with van der Waals surface area (Å²) in [5.74, 6) is 3.08. The maximum Gasteiger partial charge on any atom is 0.226 e. The van der Waals surface area contributed by atoms with Gasteiger partial charge in [-0.3, -0.25) is 4.79 Å². The minimum atomic E-state index is 0.185. The van der Waals surface area contributed by atoms with Gasteiger partial charge in [0, 0.05) is 37.7 Å². The average Bonchev–Trinajstić information content (AvgIpc) is 3.59. The lowest BCUT2D eigenvalue weighted by Crippen LogP contribution is -2.38. The third kappa shape index (κ3) is 3.65. The highest BCUT2D eigenvalue weighted by Gasteiger charge is 2.46. The molecule has 0 radical (unpaired) electrons. The summed E-state index contributed by atoms with van der Waals surface area (Å²) in [5, 5.41) is 8.99. The van der Waals surface area contributed by atoms with Crippen molar-refractivity contribution in [3.05, 3.63) is 24.0 Å². The Morgan fingerprint density at radius 2 is 1.83 bits per heavy atom. The molecule has 1 saturated heterocycles. The Kier molecular flexibility index (Phi) is 4.51. The van der Waals surface area contributed by atoms with Gasteiger partial charge in [-0.05, 0) is 69.1 Å². The first-order valence-corrected chi connectivity index (χ1v) is 11.7. The van der Waals surface area contributed by atoms with Crippen LogP contribution >= 0.6 is 0 Å². The van der Waals surface area contributed by atoms with Gasteiger partial charge in [0.1, 0.15) is 0 Å². The molecule has 0 unspecified atom stereocenters. The van der Waals surface area contributed by atoms with E-state index in [9.17, 15) is 4.79 Å². The van der Waals surface area contributed by atoms with Crippen molar-refractivity contribution >= 4 is 5.91 Å². The summed E-state index contributed by atoms with van der Waals surface area (Å²) in [6.45, 7) is 2.72. The molecule has 1 aromatic rings. The third-order valence-corrected chi connectivity index (χ3v) is 7.86. The van der Waals surface area contributed by atoms with Gasteiger partial charge in [0.2, 0.25) is 5.91 Å². The lowest BCUT2D eigenvalue weighted by Gasteiger charge is -2.37. The maximum absolute atomic E-state index is 13.0. The summed E-state index contributed by atoms with van der Waals surface area (Å²) in [6.07, 6.45) is 15.8. The van der Waals surface area contributed by atoms with E-state index in [1.54, 1.807) is 0 Å². The number of aromatic nitrogens is 3. The highest BCUT2D eigenvalue weighted by Crippen LogP contribution is 2.45. The standard InChI is InChI=1S/C23H32N4O2/c28-23(17-3-1-2-4-17)26-11-18-9-21(27-13-20(24-25-27)16-7-8-16)22(10-19(18)12-26)29-14-15-5-6-15/h1-2,13,15-19,21-22H,3-12,14H2/t18-,19+,21-,22-/m1/s1. The van der Waals surface area contributed by atoms with E-state index in [0.29, 0.717) is 23.7 Å². The van der Waals surface area contributed by atoms with Crippen LogP contribution in [0.25, 0.3) is 0 Å². The first-order chi connectivity index (χ1) is 14.2. The number of rotatable bonds is 6. The molecule has 6 nitrogen and oxygen atoms in total. The molecule has 6 heteroatoms. The maximum atomic E-state index is 13.0. The monoisotopic (exact) mass is 396 g/mol. The average molecular weight is 397 g/mol. The van der Waals surface area contributed by atoms with E-state index >= 15 is 0 Å². The second kappa shape index (κ2) is 7.22. The predicted octanol–water partition coefficient (Wildman–Crippen LogP) is 3.33. The number of fused-ring (bicyclic) bond motifs is 1. The molecule has 5 aliphatic rings. The number of likely N-dealkylation sites (tertiary alicyclic amines) is 1. The molecule has 1 aliphatic heterocycles. The minimum absolute atomic E-state index is 0.185. The van der Waals surface area contributed by atoms with Crippen LogP contribution in [0.2, 0.25) is 0 Å². The molecule has 1 aromatic heterocycles. The molecule has 1 amide bonds. The van der Waals surface area contributed by atoms with Crippen LogP contribution in [-0.2, 0) is 9.53 Å². The van der Waals surface area contributed by atoms with Crippen LogP contribution in [0.1, 0.15) is 69.0 Å². The summed E-state index contributed by atoms with van der Waals surface area (Å²) in [7, 11) is 0. The predicted molar refractivity (Wildman–Crippen MR) is 108 cm³/mol. The summed E-state index contributed by atoms with van der Waals surface area (Å²) in [4.78, 5) is 15.1. The molecular weight excluding hydrogens is 364 g/mol. The lowest BCUT2D eigenvalue weighted by atomic mass is 9.77. The largest absolute Gasteiger partial charge is 0.376 e. The van der Waals surface area contributed by atoms with Gasteiger partial charge in [-0.25, -0.2) is 4.68 Å². The first-order valence-electron chi connectivity index (χ1n) is 11.7. The number of hydrogen-bond acceptors (Lipinski definition) is 4. The smallest absolute Gasteiger partial charge is 0.226 e. The molecule has 156 valence electrons. The fraction of sp³-hybridized carbons (Fsp3) is 0.783. The fourth-order valence-electron chi connectivity index (χ4n) is 5.67. The summed E-state index contributed by atoms with van der Waals surface area (Å²) in [6, 6.07) is 0.262. The number of allylic oxidation sites excluding steroid dienone is 2. The van der Waals surface area contributed by atoms with Crippen molar-refractivity contribution in [2.24, 2.45) is 23.7 Å². The van der Waals surface area contributed by atoms with Crippen LogP contribution in [0, 0.1) is 23.7 Å². The van der Waals surface area contributed by atoms with E-state index < -0.39 is 0 Å². The van der Waals surface area contributed by atoms with Crippen molar-refractivity contribution in [2.45, 2.75) is 69.4 Å². The summed E-state index contributed by atoms with van der Waals surface area (Å²) in [5.41, 5.74) is 1.16.